The Hall–Kier alpha value is -0.830. The lowest BCUT2D eigenvalue weighted by molar-refractivity contribution is 0.0217. The molecular weight excluding hydrogens is 162 g/mol. The molecule has 0 amide bonds. The van der Waals surface area contributed by atoms with Gasteiger partial charge < -0.3 is 19.3 Å². The van der Waals surface area contributed by atoms with Gasteiger partial charge in [-0.3, -0.25) is 0 Å². The van der Waals surface area contributed by atoms with Crippen LogP contribution in [0.2, 0.25) is 0 Å². The first-order valence-corrected chi connectivity index (χ1v) is 3.69. The molecule has 5 heteroatoms. The number of aliphatic hydroxyl groups is 1. The zero-order valence-corrected chi connectivity index (χ0v) is 6.86. The van der Waals surface area contributed by atoms with Crippen LogP contribution in [0.15, 0.2) is 0 Å². The summed E-state index contributed by atoms with van der Waals surface area (Å²) < 4.78 is 14.3. The lowest BCUT2D eigenvalue weighted by atomic mass is 10.7. The molecule has 0 aromatic heterocycles. The molecule has 0 saturated carbocycles. The highest BCUT2D eigenvalue weighted by Crippen LogP contribution is 1.79. The average molecular weight is 175 g/mol. The topological polar surface area (TPSA) is 71.7 Å². The molecule has 0 aromatic rings. The Bertz CT molecular complexity index is 123. The maximum Gasteiger partial charge on any atom is 0.286 e. The highest BCUT2D eigenvalue weighted by Gasteiger charge is 1.89. The summed E-state index contributed by atoms with van der Waals surface area (Å²) >= 11 is 0. The Balaban J connectivity index is 2.78. The molecule has 12 heavy (non-hydrogen) atoms. The molecule has 0 aromatic carbocycles. The van der Waals surface area contributed by atoms with E-state index in [4.69, 9.17) is 19.8 Å². The molecule has 0 saturated heterocycles. The highest BCUT2D eigenvalue weighted by molar-refractivity contribution is 4.46. The van der Waals surface area contributed by atoms with Crippen LogP contribution >= 0.6 is 0 Å². The number of nitrogens with zero attached hydrogens (tertiary/aromatic N) is 1. The molecule has 70 valence electrons. The summed E-state index contributed by atoms with van der Waals surface area (Å²) in [5, 5.41) is 16.3. The van der Waals surface area contributed by atoms with Gasteiger partial charge in [0.05, 0.1) is 33.0 Å². The van der Waals surface area contributed by atoms with Gasteiger partial charge in [-0.15, -0.1) is 0 Å². The summed E-state index contributed by atoms with van der Waals surface area (Å²) in [7, 11) is 0. The van der Waals surface area contributed by atoms with Gasteiger partial charge in [-0.25, -0.2) is 0 Å². The molecule has 5 nitrogen and oxygen atoms in total. The molecular formula is C7H13NO4. The van der Waals surface area contributed by atoms with E-state index in [1.54, 1.807) is 0 Å². The van der Waals surface area contributed by atoms with Crippen molar-refractivity contribution in [1.82, 2.24) is 0 Å². The van der Waals surface area contributed by atoms with E-state index >= 15 is 0 Å². The number of hydrogen-bond acceptors (Lipinski definition) is 5. The zero-order chi connectivity index (χ0) is 9.07. The Morgan fingerprint density at radius 2 is 1.58 bits per heavy atom. The minimum Gasteiger partial charge on any atom is -0.425 e. The van der Waals surface area contributed by atoms with Crippen LogP contribution in [0.1, 0.15) is 0 Å². The molecule has 0 radical (unpaired) electrons. The van der Waals surface area contributed by atoms with E-state index in [0.717, 1.165) is 0 Å². The number of rotatable bonds is 8. The molecule has 0 aliphatic rings. The van der Waals surface area contributed by atoms with Gasteiger partial charge in [0.15, 0.2) is 0 Å². The Morgan fingerprint density at radius 3 is 2.17 bits per heavy atom. The summed E-state index contributed by atoms with van der Waals surface area (Å²) in [6.07, 6.45) is 1.53. The third-order valence-electron chi connectivity index (χ3n) is 1.00. The van der Waals surface area contributed by atoms with Crippen LogP contribution in [0.4, 0.5) is 0 Å². The van der Waals surface area contributed by atoms with Crippen molar-refractivity contribution in [3.8, 4) is 6.26 Å². The van der Waals surface area contributed by atoms with Gasteiger partial charge in [-0.1, -0.05) is 0 Å². The fourth-order valence-electron chi connectivity index (χ4n) is 0.533. The second-order valence-corrected chi connectivity index (χ2v) is 1.89. The van der Waals surface area contributed by atoms with E-state index in [2.05, 4.69) is 4.74 Å². The third-order valence-corrected chi connectivity index (χ3v) is 1.00. The first-order valence-electron chi connectivity index (χ1n) is 3.69. The van der Waals surface area contributed by atoms with E-state index in [1.807, 2.05) is 0 Å². The molecule has 0 fully saturated rings. The first-order chi connectivity index (χ1) is 5.91. The van der Waals surface area contributed by atoms with Crippen molar-refractivity contribution >= 4 is 0 Å². The van der Waals surface area contributed by atoms with Crippen molar-refractivity contribution in [3.05, 3.63) is 0 Å². The fourth-order valence-corrected chi connectivity index (χ4v) is 0.533. The highest BCUT2D eigenvalue weighted by atomic mass is 16.5. The molecule has 0 bridgehead atoms. The molecule has 0 spiro atoms. The largest absolute Gasteiger partial charge is 0.425 e. The van der Waals surface area contributed by atoms with Crippen LogP contribution in [-0.4, -0.2) is 44.7 Å². The quantitative estimate of drug-likeness (QED) is 0.398. The predicted molar refractivity (Wildman–Crippen MR) is 40.3 cm³/mol. The lowest BCUT2D eigenvalue weighted by Gasteiger charge is -2.02. The van der Waals surface area contributed by atoms with Gasteiger partial charge in [-0.2, -0.15) is 5.26 Å². The average Bonchev–Trinajstić information content (AvgIpc) is 2.10. The predicted octanol–water partition coefficient (Wildman–Crippen LogP) is -0.490. The fraction of sp³-hybridized carbons (Fsp3) is 0.857. The smallest absolute Gasteiger partial charge is 0.286 e. The zero-order valence-electron chi connectivity index (χ0n) is 6.86. The minimum absolute atomic E-state index is 0.0253. The van der Waals surface area contributed by atoms with E-state index in [-0.39, 0.29) is 13.2 Å². The summed E-state index contributed by atoms with van der Waals surface area (Å²) in [5.74, 6) is 0. The standard InChI is InChI=1S/C7H13NO4/c8-7-12-6-5-11-4-3-10-2-1-9/h9H,1-6H2. The van der Waals surface area contributed by atoms with Gasteiger partial charge in [-0.05, 0) is 0 Å². The molecule has 0 aliphatic heterocycles. The van der Waals surface area contributed by atoms with Gasteiger partial charge in [0.2, 0.25) is 0 Å². The monoisotopic (exact) mass is 175 g/mol. The van der Waals surface area contributed by atoms with Crippen molar-refractivity contribution < 1.29 is 19.3 Å². The minimum atomic E-state index is 0.0253. The van der Waals surface area contributed by atoms with Crippen molar-refractivity contribution in [2.75, 3.05) is 39.6 Å². The molecule has 0 rings (SSSR count). The third kappa shape index (κ3) is 9.17. The summed E-state index contributed by atoms with van der Waals surface area (Å²) in [6.45, 7) is 1.92. The molecule has 0 unspecified atom stereocenters. The van der Waals surface area contributed by atoms with Crippen molar-refractivity contribution in [2.24, 2.45) is 0 Å². The van der Waals surface area contributed by atoms with Gasteiger partial charge in [0, 0.05) is 0 Å². The van der Waals surface area contributed by atoms with Crippen LogP contribution in [0, 0.1) is 11.5 Å². The maximum absolute atomic E-state index is 8.32. The van der Waals surface area contributed by atoms with Crippen LogP contribution in [-0.2, 0) is 14.2 Å². The van der Waals surface area contributed by atoms with Crippen LogP contribution in [0.3, 0.4) is 0 Å². The SMILES string of the molecule is N#COCCOCCOCCO. The van der Waals surface area contributed by atoms with Crippen molar-refractivity contribution in [1.29, 1.82) is 5.26 Å². The Kier molecular flexibility index (Phi) is 9.47. The normalized spacial score (nSPS) is 9.33. The maximum atomic E-state index is 8.32. The lowest BCUT2D eigenvalue weighted by Crippen LogP contribution is -2.09. The van der Waals surface area contributed by atoms with Crippen LogP contribution < -0.4 is 0 Å². The van der Waals surface area contributed by atoms with Gasteiger partial charge >= 0.3 is 0 Å². The molecule has 1 N–H and O–H groups in total. The second-order valence-electron chi connectivity index (χ2n) is 1.89. The number of nitriles is 1. The number of hydrogen-bond donors (Lipinski definition) is 1. The summed E-state index contributed by atoms with van der Waals surface area (Å²) in [5.41, 5.74) is 0. The van der Waals surface area contributed by atoms with Gasteiger partial charge in [0.25, 0.3) is 6.26 Å². The Morgan fingerprint density at radius 1 is 1.00 bits per heavy atom. The van der Waals surface area contributed by atoms with Crippen LogP contribution in [0.25, 0.3) is 0 Å². The molecule has 0 aliphatic carbocycles. The van der Waals surface area contributed by atoms with Crippen molar-refractivity contribution in [2.45, 2.75) is 0 Å². The molecule has 0 atom stereocenters. The van der Waals surface area contributed by atoms with Crippen molar-refractivity contribution in [3.63, 3.8) is 0 Å². The summed E-state index contributed by atoms with van der Waals surface area (Å²) in [4.78, 5) is 0. The first kappa shape index (κ1) is 11.2. The second kappa shape index (κ2) is 10.2. The summed E-state index contributed by atoms with van der Waals surface area (Å²) in [6, 6.07) is 0. The van der Waals surface area contributed by atoms with E-state index in [0.29, 0.717) is 26.4 Å². The van der Waals surface area contributed by atoms with E-state index in [9.17, 15) is 0 Å². The number of ether oxygens (including phenoxy) is 3. The molecule has 0 heterocycles. The van der Waals surface area contributed by atoms with E-state index < -0.39 is 0 Å². The number of aliphatic hydroxyl groups excluding tert-OH is 1. The van der Waals surface area contributed by atoms with Gasteiger partial charge in [0.1, 0.15) is 6.61 Å². The Labute approximate surface area is 71.5 Å². The van der Waals surface area contributed by atoms with E-state index in [1.165, 1.54) is 6.26 Å². The van der Waals surface area contributed by atoms with Crippen LogP contribution in [0.5, 0.6) is 0 Å².